The molecule has 1 aromatic heterocycles. The Kier molecular flexibility index (Phi) is 5.07. The van der Waals surface area contributed by atoms with Crippen molar-refractivity contribution in [3.8, 4) is 0 Å². The van der Waals surface area contributed by atoms with Gasteiger partial charge < -0.3 is 5.11 Å². The highest BCUT2D eigenvalue weighted by atomic mass is 32.2. The zero-order chi connectivity index (χ0) is 11.4. The third kappa shape index (κ3) is 3.19. The van der Waals surface area contributed by atoms with E-state index in [4.69, 9.17) is 0 Å². The average Bonchev–Trinajstić information content (AvgIpc) is 2.81. The Morgan fingerprint density at radius 2 is 2.25 bits per heavy atom. The number of rotatable bonds is 4. The first-order valence-corrected chi connectivity index (χ1v) is 8.72. The summed E-state index contributed by atoms with van der Waals surface area (Å²) in [5.74, 6) is 2.43. The largest absolute Gasteiger partial charge is 0.392 e. The van der Waals surface area contributed by atoms with Crippen molar-refractivity contribution >= 4 is 34.9 Å². The summed E-state index contributed by atoms with van der Waals surface area (Å²) in [5.41, 5.74) is 0. The summed E-state index contributed by atoms with van der Waals surface area (Å²) in [7, 11) is 0. The van der Waals surface area contributed by atoms with E-state index in [2.05, 4.69) is 24.4 Å². The summed E-state index contributed by atoms with van der Waals surface area (Å²) < 4.78 is 0. The fourth-order valence-corrected chi connectivity index (χ4v) is 5.95. The van der Waals surface area contributed by atoms with Crippen LogP contribution in [0.2, 0.25) is 0 Å². The lowest BCUT2D eigenvalue weighted by Crippen LogP contribution is -2.37. The first-order valence-electron chi connectivity index (χ1n) is 5.75. The third-order valence-corrected chi connectivity index (χ3v) is 7.16. The van der Waals surface area contributed by atoms with Gasteiger partial charge in [0.1, 0.15) is 0 Å². The van der Waals surface area contributed by atoms with Crippen LogP contribution in [0.25, 0.3) is 0 Å². The molecule has 3 atom stereocenters. The molecule has 0 bridgehead atoms. The van der Waals surface area contributed by atoms with Gasteiger partial charge >= 0.3 is 0 Å². The molecule has 90 valence electrons. The fraction of sp³-hybridized carbons (Fsp3) is 0.667. The molecule has 1 aliphatic rings. The van der Waals surface area contributed by atoms with Crippen molar-refractivity contribution in [3.63, 3.8) is 0 Å². The van der Waals surface area contributed by atoms with Gasteiger partial charge in [-0.1, -0.05) is 13.0 Å². The van der Waals surface area contributed by atoms with Gasteiger partial charge in [0.15, 0.2) is 0 Å². The summed E-state index contributed by atoms with van der Waals surface area (Å²) in [6, 6.07) is 4.18. The summed E-state index contributed by atoms with van der Waals surface area (Å²) in [6.07, 6.45) is 1.82. The SMILES string of the molecule is CCC1SCCSC1C(O)Cc1cccs1. The lowest BCUT2D eigenvalue weighted by atomic mass is 10.1. The number of hydrogen-bond acceptors (Lipinski definition) is 4. The van der Waals surface area contributed by atoms with Crippen LogP contribution in [0, 0.1) is 0 Å². The minimum atomic E-state index is -0.179. The van der Waals surface area contributed by atoms with E-state index in [-0.39, 0.29) is 6.10 Å². The number of thioether (sulfide) groups is 2. The molecule has 1 aliphatic heterocycles. The van der Waals surface area contributed by atoms with Crippen molar-refractivity contribution < 1.29 is 5.11 Å². The monoisotopic (exact) mass is 274 g/mol. The van der Waals surface area contributed by atoms with Crippen LogP contribution in [0.1, 0.15) is 18.2 Å². The summed E-state index contributed by atoms with van der Waals surface area (Å²) >= 11 is 5.74. The highest BCUT2D eigenvalue weighted by Gasteiger charge is 2.30. The molecule has 0 spiro atoms. The second-order valence-corrected chi connectivity index (χ2v) is 7.67. The lowest BCUT2D eigenvalue weighted by molar-refractivity contribution is 0.170. The number of thiophene rings is 1. The molecule has 16 heavy (non-hydrogen) atoms. The Balaban J connectivity index is 1.94. The molecule has 1 N–H and O–H groups in total. The number of hydrogen-bond donors (Lipinski definition) is 1. The maximum Gasteiger partial charge on any atom is 0.0717 e. The topological polar surface area (TPSA) is 20.2 Å². The van der Waals surface area contributed by atoms with E-state index in [1.165, 1.54) is 22.8 Å². The zero-order valence-corrected chi connectivity index (χ0v) is 11.9. The van der Waals surface area contributed by atoms with Crippen molar-refractivity contribution in [1.29, 1.82) is 0 Å². The standard InChI is InChI=1S/C12H18OS3/c1-2-11-12(16-7-6-15-11)10(13)8-9-4-3-5-14-9/h3-5,10-13H,2,6-8H2,1H3. The van der Waals surface area contributed by atoms with Gasteiger partial charge in [0.05, 0.1) is 6.10 Å². The normalized spacial score (nSPS) is 27.9. The van der Waals surface area contributed by atoms with E-state index in [1.807, 2.05) is 23.5 Å². The molecule has 1 aromatic rings. The van der Waals surface area contributed by atoms with Crippen LogP contribution in [0.3, 0.4) is 0 Å². The van der Waals surface area contributed by atoms with Gasteiger partial charge in [0, 0.05) is 33.3 Å². The van der Waals surface area contributed by atoms with Crippen LogP contribution in [-0.4, -0.2) is 33.2 Å². The van der Waals surface area contributed by atoms with Crippen molar-refractivity contribution in [2.75, 3.05) is 11.5 Å². The smallest absolute Gasteiger partial charge is 0.0717 e. The van der Waals surface area contributed by atoms with Crippen LogP contribution >= 0.6 is 34.9 Å². The third-order valence-electron chi connectivity index (χ3n) is 2.86. The van der Waals surface area contributed by atoms with Crippen molar-refractivity contribution in [1.82, 2.24) is 0 Å². The maximum atomic E-state index is 10.3. The fourth-order valence-electron chi connectivity index (χ4n) is 2.05. The number of aliphatic hydroxyl groups is 1. The molecule has 3 unspecified atom stereocenters. The van der Waals surface area contributed by atoms with Crippen LogP contribution in [0.4, 0.5) is 0 Å². The summed E-state index contributed by atoms with van der Waals surface area (Å²) in [4.78, 5) is 1.30. The van der Waals surface area contributed by atoms with Crippen LogP contribution in [0.5, 0.6) is 0 Å². The van der Waals surface area contributed by atoms with Gasteiger partial charge in [-0.25, -0.2) is 0 Å². The minimum Gasteiger partial charge on any atom is -0.392 e. The van der Waals surface area contributed by atoms with E-state index in [1.54, 1.807) is 11.3 Å². The van der Waals surface area contributed by atoms with Gasteiger partial charge in [-0.05, 0) is 17.9 Å². The second-order valence-electron chi connectivity index (χ2n) is 4.00. The molecule has 0 aliphatic carbocycles. The lowest BCUT2D eigenvalue weighted by Gasteiger charge is -2.33. The van der Waals surface area contributed by atoms with Gasteiger partial charge in [-0.2, -0.15) is 23.5 Å². The molecule has 0 radical (unpaired) electrons. The quantitative estimate of drug-likeness (QED) is 0.910. The summed E-state index contributed by atoms with van der Waals surface area (Å²) in [6.45, 7) is 2.23. The Morgan fingerprint density at radius 1 is 1.44 bits per heavy atom. The molecule has 0 saturated carbocycles. The Morgan fingerprint density at radius 3 is 2.94 bits per heavy atom. The van der Waals surface area contributed by atoms with E-state index in [9.17, 15) is 5.11 Å². The average molecular weight is 274 g/mol. The Hall–Kier alpha value is 0.360. The van der Waals surface area contributed by atoms with Crippen LogP contribution < -0.4 is 0 Å². The Bertz CT molecular complexity index is 299. The van der Waals surface area contributed by atoms with Gasteiger partial charge in [-0.15, -0.1) is 11.3 Å². The van der Waals surface area contributed by atoms with Gasteiger partial charge in [0.2, 0.25) is 0 Å². The minimum absolute atomic E-state index is 0.179. The van der Waals surface area contributed by atoms with E-state index < -0.39 is 0 Å². The zero-order valence-electron chi connectivity index (χ0n) is 9.46. The molecule has 0 aromatic carbocycles. The van der Waals surface area contributed by atoms with Crippen molar-refractivity contribution in [2.24, 2.45) is 0 Å². The predicted octanol–water partition coefficient (Wildman–Crippen LogP) is 3.28. The van der Waals surface area contributed by atoms with E-state index in [0.29, 0.717) is 10.5 Å². The van der Waals surface area contributed by atoms with Gasteiger partial charge in [-0.3, -0.25) is 0 Å². The second kappa shape index (κ2) is 6.34. The van der Waals surface area contributed by atoms with Crippen LogP contribution in [-0.2, 0) is 6.42 Å². The Labute approximate surface area is 110 Å². The molecule has 0 amide bonds. The van der Waals surface area contributed by atoms with Crippen LogP contribution in [0.15, 0.2) is 17.5 Å². The van der Waals surface area contributed by atoms with Gasteiger partial charge in [0.25, 0.3) is 0 Å². The molecule has 2 heterocycles. The highest BCUT2D eigenvalue weighted by Crippen LogP contribution is 2.36. The van der Waals surface area contributed by atoms with Crippen molar-refractivity contribution in [3.05, 3.63) is 22.4 Å². The maximum absolute atomic E-state index is 10.3. The molecular formula is C12H18OS3. The van der Waals surface area contributed by atoms with Crippen molar-refractivity contribution in [2.45, 2.75) is 36.4 Å². The van der Waals surface area contributed by atoms with E-state index >= 15 is 0 Å². The molecule has 1 fully saturated rings. The molecule has 1 nitrogen and oxygen atoms in total. The predicted molar refractivity (Wildman–Crippen MR) is 76.8 cm³/mol. The highest BCUT2D eigenvalue weighted by molar-refractivity contribution is 8.07. The molecule has 2 rings (SSSR count). The number of aliphatic hydroxyl groups excluding tert-OH is 1. The molecule has 1 saturated heterocycles. The first-order chi connectivity index (χ1) is 7.81. The van der Waals surface area contributed by atoms with E-state index in [0.717, 1.165) is 6.42 Å². The first kappa shape index (κ1) is 12.8. The molecular weight excluding hydrogens is 256 g/mol. The molecule has 4 heteroatoms. The summed E-state index contributed by atoms with van der Waals surface area (Å²) in [5, 5.41) is 13.5.